The smallest absolute Gasteiger partial charge is 0.106 e. The maximum absolute atomic E-state index is 10.7. The van der Waals surface area contributed by atoms with E-state index >= 15 is 0 Å². The van der Waals surface area contributed by atoms with Gasteiger partial charge in [-0.05, 0) is 45.4 Å². The zero-order chi connectivity index (χ0) is 13.8. The molecule has 3 heteroatoms. The maximum atomic E-state index is 10.7. The predicted octanol–water partition coefficient (Wildman–Crippen LogP) is 3.27. The van der Waals surface area contributed by atoms with Gasteiger partial charge in [0.25, 0.3) is 0 Å². The van der Waals surface area contributed by atoms with Gasteiger partial charge in [0.05, 0.1) is 17.6 Å². The van der Waals surface area contributed by atoms with Crippen molar-refractivity contribution in [2.45, 2.75) is 71.0 Å². The van der Waals surface area contributed by atoms with Gasteiger partial charge in [-0.1, -0.05) is 19.8 Å². The molecular formula is C15H27NO2. The molecule has 1 aliphatic rings. The van der Waals surface area contributed by atoms with Crippen LogP contribution in [0.15, 0.2) is 0 Å². The fraction of sp³-hybridized carbons (Fsp3) is 0.933. The summed E-state index contributed by atoms with van der Waals surface area (Å²) in [6, 6.07) is 2.41. The summed E-state index contributed by atoms with van der Waals surface area (Å²) in [6.07, 6.45) is 5.80. The molecule has 104 valence electrons. The summed E-state index contributed by atoms with van der Waals surface area (Å²) in [6.45, 7) is 5.80. The van der Waals surface area contributed by atoms with E-state index in [4.69, 9.17) is 4.74 Å². The van der Waals surface area contributed by atoms with Crippen molar-refractivity contribution in [3.8, 4) is 6.07 Å². The summed E-state index contributed by atoms with van der Waals surface area (Å²) in [7, 11) is 1.59. The standard InChI is InChI=1S/C15H27NO2/c1-5-6-13-7-9-15(11-16,10-8-13)14(3,17)12(2)18-4/h12-13,17H,5-10H2,1-4H3. The molecule has 0 saturated heterocycles. The van der Waals surface area contributed by atoms with Crippen LogP contribution in [0, 0.1) is 22.7 Å². The molecule has 1 N–H and O–H groups in total. The number of methoxy groups -OCH3 is 1. The zero-order valence-corrected chi connectivity index (χ0v) is 12.2. The normalized spacial score (nSPS) is 33.4. The summed E-state index contributed by atoms with van der Waals surface area (Å²) in [4.78, 5) is 0. The Kier molecular flexibility index (Phi) is 5.19. The summed E-state index contributed by atoms with van der Waals surface area (Å²) in [5.74, 6) is 0.727. The molecular weight excluding hydrogens is 226 g/mol. The molecule has 0 aliphatic heterocycles. The summed E-state index contributed by atoms with van der Waals surface area (Å²) < 4.78 is 5.27. The number of hydrogen-bond donors (Lipinski definition) is 1. The lowest BCUT2D eigenvalue weighted by Crippen LogP contribution is -2.54. The monoisotopic (exact) mass is 253 g/mol. The molecule has 1 saturated carbocycles. The largest absolute Gasteiger partial charge is 0.386 e. The number of aliphatic hydroxyl groups is 1. The maximum Gasteiger partial charge on any atom is 0.106 e. The van der Waals surface area contributed by atoms with Gasteiger partial charge in [0.1, 0.15) is 5.60 Å². The van der Waals surface area contributed by atoms with Crippen molar-refractivity contribution >= 4 is 0 Å². The second-order valence-corrected chi connectivity index (χ2v) is 5.95. The van der Waals surface area contributed by atoms with Crippen LogP contribution in [0.4, 0.5) is 0 Å². The molecule has 0 amide bonds. The first-order chi connectivity index (χ1) is 8.43. The minimum atomic E-state index is -1.08. The van der Waals surface area contributed by atoms with E-state index in [1.165, 1.54) is 12.8 Å². The second-order valence-electron chi connectivity index (χ2n) is 5.95. The summed E-state index contributed by atoms with van der Waals surface area (Å²) >= 11 is 0. The molecule has 2 unspecified atom stereocenters. The average Bonchev–Trinajstić information content (AvgIpc) is 2.39. The molecule has 1 rings (SSSR count). The Morgan fingerprint density at radius 2 is 2.06 bits per heavy atom. The number of hydrogen-bond acceptors (Lipinski definition) is 3. The van der Waals surface area contributed by atoms with E-state index in [1.54, 1.807) is 14.0 Å². The van der Waals surface area contributed by atoms with Crippen molar-refractivity contribution in [1.82, 2.24) is 0 Å². The second kappa shape index (κ2) is 6.04. The van der Waals surface area contributed by atoms with Crippen LogP contribution in [0.2, 0.25) is 0 Å². The van der Waals surface area contributed by atoms with Crippen LogP contribution in [0.5, 0.6) is 0 Å². The molecule has 0 heterocycles. The van der Waals surface area contributed by atoms with Crippen LogP contribution in [0.1, 0.15) is 59.3 Å². The van der Waals surface area contributed by atoms with Crippen LogP contribution in [0.25, 0.3) is 0 Å². The van der Waals surface area contributed by atoms with Crippen LogP contribution in [0.3, 0.4) is 0 Å². The van der Waals surface area contributed by atoms with Gasteiger partial charge < -0.3 is 9.84 Å². The highest BCUT2D eigenvalue weighted by Crippen LogP contribution is 2.48. The third-order valence-corrected chi connectivity index (χ3v) is 4.98. The Labute approximate surface area is 111 Å². The van der Waals surface area contributed by atoms with Crippen molar-refractivity contribution in [3.63, 3.8) is 0 Å². The van der Waals surface area contributed by atoms with Crippen molar-refractivity contribution in [2.75, 3.05) is 7.11 Å². The minimum absolute atomic E-state index is 0.320. The van der Waals surface area contributed by atoms with E-state index in [2.05, 4.69) is 13.0 Å². The van der Waals surface area contributed by atoms with Crippen molar-refractivity contribution in [1.29, 1.82) is 5.26 Å². The molecule has 18 heavy (non-hydrogen) atoms. The van der Waals surface area contributed by atoms with Gasteiger partial charge in [-0.15, -0.1) is 0 Å². The minimum Gasteiger partial charge on any atom is -0.386 e. The van der Waals surface area contributed by atoms with Crippen molar-refractivity contribution in [3.05, 3.63) is 0 Å². The Balaban J connectivity index is 2.81. The van der Waals surface area contributed by atoms with Crippen molar-refractivity contribution in [2.24, 2.45) is 11.3 Å². The van der Waals surface area contributed by atoms with Gasteiger partial charge in [0.2, 0.25) is 0 Å². The number of rotatable bonds is 5. The van der Waals surface area contributed by atoms with E-state index in [-0.39, 0.29) is 6.10 Å². The lowest BCUT2D eigenvalue weighted by Gasteiger charge is -2.47. The Hall–Kier alpha value is -0.590. The molecule has 1 fully saturated rings. The van der Waals surface area contributed by atoms with Crippen molar-refractivity contribution < 1.29 is 9.84 Å². The number of nitrogens with zero attached hydrogens (tertiary/aromatic N) is 1. The van der Waals surface area contributed by atoms with Gasteiger partial charge >= 0.3 is 0 Å². The topological polar surface area (TPSA) is 53.2 Å². The fourth-order valence-corrected chi connectivity index (χ4v) is 3.22. The van der Waals surface area contributed by atoms with Gasteiger partial charge in [-0.2, -0.15) is 5.26 Å². The highest BCUT2D eigenvalue weighted by atomic mass is 16.5. The summed E-state index contributed by atoms with van der Waals surface area (Å²) in [5.41, 5.74) is -1.72. The SMILES string of the molecule is CCCC1CCC(C#N)(C(C)(O)C(C)OC)CC1. The van der Waals surface area contributed by atoms with Gasteiger partial charge in [0.15, 0.2) is 0 Å². The Morgan fingerprint density at radius 3 is 2.44 bits per heavy atom. The highest BCUT2D eigenvalue weighted by molar-refractivity contribution is 5.13. The quantitative estimate of drug-likeness (QED) is 0.818. The van der Waals surface area contributed by atoms with Gasteiger partial charge in [0, 0.05) is 7.11 Å². The molecule has 1 aliphatic carbocycles. The van der Waals surface area contributed by atoms with Gasteiger partial charge in [-0.25, -0.2) is 0 Å². The highest BCUT2D eigenvalue weighted by Gasteiger charge is 2.52. The molecule has 0 radical (unpaired) electrons. The number of nitriles is 1. The van der Waals surface area contributed by atoms with Crippen LogP contribution < -0.4 is 0 Å². The first kappa shape index (κ1) is 15.5. The molecule has 0 bridgehead atoms. The Morgan fingerprint density at radius 1 is 1.50 bits per heavy atom. The third kappa shape index (κ3) is 2.70. The van der Waals surface area contributed by atoms with Crippen LogP contribution in [-0.2, 0) is 4.74 Å². The molecule has 0 spiro atoms. The van der Waals surface area contributed by atoms with E-state index in [9.17, 15) is 10.4 Å². The molecule has 2 atom stereocenters. The summed E-state index contributed by atoms with van der Waals surface area (Å²) in [5, 5.41) is 20.3. The third-order valence-electron chi connectivity index (χ3n) is 4.98. The van der Waals surface area contributed by atoms with Gasteiger partial charge in [-0.3, -0.25) is 0 Å². The van der Waals surface area contributed by atoms with E-state index in [0.717, 1.165) is 31.6 Å². The number of ether oxygens (including phenoxy) is 1. The van der Waals surface area contributed by atoms with E-state index in [1.807, 2.05) is 6.92 Å². The predicted molar refractivity (Wildman–Crippen MR) is 72.0 cm³/mol. The fourth-order valence-electron chi connectivity index (χ4n) is 3.22. The lowest BCUT2D eigenvalue weighted by molar-refractivity contribution is -0.145. The zero-order valence-electron chi connectivity index (χ0n) is 12.2. The molecule has 0 aromatic carbocycles. The first-order valence-electron chi connectivity index (χ1n) is 7.10. The first-order valence-corrected chi connectivity index (χ1v) is 7.10. The average molecular weight is 253 g/mol. The van der Waals surface area contributed by atoms with E-state index < -0.39 is 11.0 Å². The molecule has 0 aromatic heterocycles. The molecule has 3 nitrogen and oxygen atoms in total. The lowest BCUT2D eigenvalue weighted by atomic mass is 9.61. The van der Waals surface area contributed by atoms with Crippen LogP contribution >= 0.6 is 0 Å². The Bertz CT molecular complexity index is 298. The van der Waals surface area contributed by atoms with E-state index in [0.29, 0.717) is 0 Å². The van der Waals surface area contributed by atoms with Crippen LogP contribution in [-0.4, -0.2) is 23.9 Å². The molecule has 0 aromatic rings.